The van der Waals surface area contributed by atoms with Crippen LogP contribution in [0, 0.1) is 0 Å². The molecular formula is C13H15F3N2O3. The number of benzene rings is 1. The molecule has 1 amide bonds. The van der Waals surface area contributed by atoms with Crippen LogP contribution in [0.25, 0.3) is 0 Å². The number of hydrogen-bond acceptors (Lipinski definition) is 3. The summed E-state index contributed by atoms with van der Waals surface area (Å²) in [6.07, 6.45) is -4.71. The van der Waals surface area contributed by atoms with E-state index in [1.807, 2.05) is 0 Å². The molecule has 1 atom stereocenters. The molecular weight excluding hydrogens is 289 g/mol. The van der Waals surface area contributed by atoms with Crippen molar-refractivity contribution < 1.29 is 27.9 Å². The van der Waals surface area contributed by atoms with Gasteiger partial charge in [-0.15, -0.1) is 0 Å². The first-order valence-electron chi connectivity index (χ1n) is 5.96. The highest BCUT2D eigenvalue weighted by molar-refractivity contribution is 5.89. The number of carbonyl (C=O) groups excluding carboxylic acids is 1. The van der Waals surface area contributed by atoms with Gasteiger partial charge in [0, 0.05) is 0 Å². The molecule has 0 aliphatic heterocycles. The van der Waals surface area contributed by atoms with E-state index in [-0.39, 0.29) is 4.90 Å². The highest BCUT2D eigenvalue weighted by Gasteiger charge is 2.40. The Morgan fingerprint density at radius 3 is 2.19 bits per heavy atom. The van der Waals surface area contributed by atoms with Gasteiger partial charge in [-0.3, -0.25) is 9.59 Å². The highest BCUT2D eigenvalue weighted by atomic mass is 19.4. The summed E-state index contributed by atoms with van der Waals surface area (Å²) in [5.74, 6) is -2.65. The van der Waals surface area contributed by atoms with Gasteiger partial charge in [0.15, 0.2) is 0 Å². The SMILES string of the molecule is CC(N)(C(=O)N(CC(=O)O)CC(F)(F)F)c1ccccc1. The summed E-state index contributed by atoms with van der Waals surface area (Å²) in [6.45, 7) is -1.49. The molecule has 116 valence electrons. The summed E-state index contributed by atoms with van der Waals surface area (Å²) in [5.41, 5.74) is 4.38. The van der Waals surface area contributed by atoms with E-state index in [1.54, 1.807) is 18.2 Å². The van der Waals surface area contributed by atoms with Gasteiger partial charge in [0.25, 0.3) is 0 Å². The first-order valence-corrected chi connectivity index (χ1v) is 5.96. The molecule has 0 aliphatic carbocycles. The van der Waals surface area contributed by atoms with Crippen LogP contribution in [0.4, 0.5) is 13.2 Å². The van der Waals surface area contributed by atoms with E-state index < -0.39 is 36.7 Å². The fraction of sp³-hybridized carbons (Fsp3) is 0.385. The minimum absolute atomic E-state index is 0.190. The Balaban J connectivity index is 3.06. The lowest BCUT2D eigenvalue weighted by atomic mass is 9.91. The normalized spacial score (nSPS) is 14.3. The summed E-state index contributed by atoms with van der Waals surface area (Å²) in [6, 6.07) is 7.81. The number of amides is 1. The molecule has 0 aromatic heterocycles. The number of nitrogens with two attached hydrogens (primary N) is 1. The monoisotopic (exact) mass is 304 g/mol. The molecule has 0 saturated carbocycles. The van der Waals surface area contributed by atoms with Crippen molar-refractivity contribution in [3.63, 3.8) is 0 Å². The number of aliphatic carboxylic acids is 1. The maximum absolute atomic E-state index is 12.5. The zero-order chi connectivity index (χ0) is 16.3. The third-order valence-electron chi connectivity index (χ3n) is 2.80. The largest absolute Gasteiger partial charge is 0.480 e. The number of rotatable bonds is 5. The summed E-state index contributed by atoms with van der Waals surface area (Å²) in [5, 5.41) is 8.66. The minimum atomic E-state index is -4.71. The second kappa shape index (κ2) is 6.13. The fourth-order valence-corrected chi connectivity index (χ4v) is 1.82. The third-order valence-corrected chi connectivity index (χ3v) is 2.80. The van der Waals surface area contributed by atoms with Gasteiger partial charge in [-0.25, -0.2) is 0 Å². The second-order valence-corrected chi connectivity index (χ2v) is 4.74. The summed E-state index contributed by atoms with van der Waals surface area (Å²) in [7, 11) is 0. The molecule has 0 fully saturated rings. The predicted octanol–water partition coefficient (Wildman–Crippen LogP) is 1.34. The molecule has 0 saturated heterocycles. The van der Waals surface area contributed by atoms with Crippen LogP contribution >= 0.6 is 0 Å². The average molecular weight is 304 g/mol. The van der Waals surface area contributed by atoms with E-state index in [0.717, 1.165) is 0 Å². The molecule has 0 bridgehead atoms. The van der Waals surface area contributed by atoms with Gasteiger partial charge in [0.1, 0.15) is 18.6 Å². The average Bonchev–Trinajstić information content (AvgIpc) is 2.36. The molecule has 21 heavy (non-hydrogen) atoms. The third kappa shape index (κ3) is 4.75. The van der Waals surface area contributed by atoms with Crippen molar-refractivity contribution in [3.05, 3.63) is 35.9 Å². The van der Waals surface area contributed by atoms with E-state index in [0.29, 0.717) is 5.56 Å². The van der Waals surface area contributed by atoms with Gasteiger partial charge in [-0.2, -0.15) is 13.2 Å². The Kier molecular flexibility index (Phi) is 4.95. The zero-order valence-corrected chi connectivity index (χ0v) is 11.2. The standard InChI is InChI=1S/C13H15F3N2O3/c1-12(17,9-5-3-2-4-6-9)11(21)18(7-10(19)20)8-13(14,15)16/h2-6H,7-8,17H2,1H3,(H,19,20). The van der Waals surface area contributed by atoms with Crippen LogP contribution in [-0.4, -0.2) is 41.1 Å². The lowest BCUT2D eigenvalue weighted by Crippen LogP contribution is -2.54. The van der Waals surface area contributed by atoms with E-state index in [9.17, 15) is 22.8 Å². The van der Waals surface area contributed by atoms with Crippen LogP contribution in [0.1, 0.15) is 12.5 Å². The Morgan fingerprint density at radius 2 is 1.76 bits per heavy atom. The maximum Gasteiger partial charge on any atom is 0.406 e. The zero-order valence-electron chi connectivity index (χ0n) is 11.2. The fourth-order valence-electron chi connectivity index (χ4n) is 1.82. The quantitative estimate of drug-likeness (QED) is 0.860. The Labute approximate surface area is 119 Å². The van der Waals surface area contributed by atoms with Gasteiger partial charge in [0.05, 0.1) is 0 Å². The summed E-state index contributed by atoms with van der Waals surface area (Å²) < 4.78 is 37.4. The van der Waals surface area contributed by atoms with Crippen molar-refractivity contribution in [1.82, 2.24) is 4.90 Å². The summed E-state index contributed by atoms with van der Waals surface area (Å²) in [4.78, 5) is 23.1. The molecule has 0 spiro atoms. The lowest BCUT2D eigenvalue weighted by molar-refractivity contribution is -0.168. The smallest absolute Gasteiger partial charge is 0.406 e. The number of carboxylic acid groups (broad SMARTS) is 1. The Hall–Kier alpha value is -2.09. The first-order chi connectivity index (χ1) is 9.54. The molecule has 1 unspecified atom stereocenters. The highest BCUT2D eigenvalue weighted by Crippen LogP contribution is 2.23. The number of hydrogen-bond donors (Lipinski definition) is 2. The topological polar surface area (TPSA) is 83.6 Å². The molecule has 1 aromatic carbocycles. The summed E-state index contributed by atoms with van der Waals surface area (Å²) >= 11 is 0. The van der Waals surface area contributed by atoms with E-state index in [4.69, 9.17) is 10.8 Å². The minimum Gasteiger partial charge on any atom is -0.480 e. The van der Waals surface area contributed by atoms with Gasteiger partial charge < -0.3 is 15.7 Å². The van der Waals surface area contributed by atoms with Crippen LogP contribution in [-0.2, 0) is 15.1 Å². The molecule has 0 heterocycles. The van der Waals surface area contributed by atoms with Gasteiger partial charge in [-0.05, 0) is 12.5 Å². The lowest BCUT2D eigenvalue weighted by Gasteiger charge is -2.31. The van der Waals surface area contributed by atoms with E-state index in [1.165, 1.54) is 19.1 Å². The van der Waals surface area contributed by atoms with Gasteiger partial charge in [-0.1, -0.05) is 30.3 Å². The van der Waals surface area contributed by atoms with Crippen molar-refractivity contribution in [2.75, 3.05) is 13.1 Å². The van der Waals surface area contributed by atoms with Crippen LogP contribution in [0.15, 0.2) is 30.3 Å². The van der Waals surface area contributed by atoms with Crippen molar-refractivity contribution in [2.45, 2.75) is 18.6 Å². The number of nitrogens with zero attached hydrogens (tertiary/aromatic N) is 1. The van der Waals surface area contributed by atoms with Crippen molar-refractivity contribution in [1.29, 1.82) is 0 Å². The molecule has 1 aromatic rings. The maximum atomic E-state index is 12.5. The van der Waals surface area contributed by atoms with Crippen LogP contribution in [0.3, 0.4) is 0 Å². The Morgan fingerprint density at radius 1 is 1.24 bits per heavy atom. The number of carboxylic acids is 1. The molecule has 8 heteroatoms. The number of halogens is 3. The van der Waals surface area contributed by atoms with E-state index >= 15 is 0 Å². The predicted molar refractivity (Wildman–Crippen MR) is 68.3 cm³/mol. The van der Waals surface area contributed by atoms with Crippen LogP contribution < -0.4 is 5.73 Å². The van der Waals surface area contributed by atoms with Crippen molar-refractivity contribution in [3.8, 4) is 0 Å². The number of alkyl halides is 3. The van der Waals surface area contributed by atoms with Crippen LogP contribution in [0.5, 0.6) is 0 Å². The Bertz CT molecular complexity index is 515. The van der Waals surface area contributed by atoms with E-state index in [2.05, 4.69) is 0 Å². The van der Waals surface area contributed by atoms with Gasteiger partial charge >= 0.3 is 12.1 Å². The van der Waals surface area contributed by atoms with Crippen LogP contribution in [0.2, 0.25) is 0 Å². The molecule has 5 nitrogen and oxygen atoms in total. The molecule has 0 aliphatic rings. The van der Waals surface area contributed by atoms with Crippen molar-refractivity contribution in [2.24, 2.45) is 5.73 Å². The second-order valence-electron chi connectivity index (χ2n) is 4.74. The molecule has 1 rings (SSSR count). The first kappa shape index (κ1) is 17.0. The number of carbonyl (C=O) groups is 2. The molecule has 0 radical (unpaired) electrons. The molecule has 3 N–H and O–H groups in total. The van der Waals surface area contributed by atoms with Crippen molar-refractivity contribution >= 4 is 11.9 Å². The van der Waals surface area contributed by atoms with Gasteiger partial charge in [0.2, 0.25) is 5.91 Å².